The van der Waals surface area contributed by atoms with Gasteiger partial charge in [-0.25, -0.2) is 0 Å². The standard InChI is InChI=1S/C15H14O2/c1-2-5-13-14(16)12-9-8-10-6-3-4-7-11(10)15(12)17-13/h3-4,6-9,13H,2,5H2,1H3. The molecule has 1 atom stereocenters. The molecular formula is C15H14O2. The first kappa shape index (κ1) is 10.3. The summed E-state index contributed by atoms with van der Waals surface area (Å²) in [5.41, 5.74) is 0.738. The third-order valence-corrected chi connectivity index (χ3v) is 3.25. The fourth-order valence-electron chi connectivity index (χ4n) is 2.39. The average Bonchev–Trinajstić information content (AvgIpc) is 2.68. The highest BCUT2D eigenvalue weighted by Gasteiger charge is 2.32. The average molecular weight is 226 g/mol. The second-order valence-electron chi connectivity index (χ2n) is 4.42. The van der Waals surface area contributed by atoms with E-state index in [2.05, 4.69) is 6.92 Å². The lowest BCUT2D eigenvalue weighted by Gasteiger charge is -2.08. The molecule has 2 aromatic rings. The summed E-state index contributed by atoms with van der Waals surface area (Å²) in [6.45, 7) is 2.07. The molecule has 0 aliphatic carbocycles. The number of fused-ring (bicyclic) bond motifs is 3. The first-order chi connectivity index (χ1) is 8.31. The minimum Gasteiger partial charge on any atom is -0.481 e. The van der Waals surface area contributed by atoms with Gasteiger partial charge in [-0.15, -0.1) is 0 Å². The molecule has 1 unspecified atom stereocenters. The van der Waals surface area contributed by atoms with E-state index in [0.29, 0.717) is 0 Å². The predicted molar refractivity (Wildman–Crippen MR) is 67.6 cm³/mol. The molecule has 2 nitrogen and oxygen atoms in total. The molecule has 86 valence electrons. The molecule has 3 rings (SSSR count). The van der Waals surface area contributed by atoms with Crippen LogP contribution in [0.3, 0.4) is 0 Å². The molecule has 0 bridgehead atoms. The van der Waals surface area contributed by atoms with E-state index in [1.807, 2.05) is 36.4 Å². The van der Waals surface area contributed by atoms with Gasteiger partial charge in [-0.05, 0) is 17.9 Å². The Bertz CT molecular complexity index is 586. The summed E-state index contributed by atoms with van der Waals surface area (Å²) in [5.74, 6) is 0.902. The van der Waals surface area contributed by atoms with Crippen molar-refractivity contribution >= 4 is 16.6 Å². The maximum absolute atomic E-state index is 12.1. The van der Waals surface area contributed by atoms with Gasteiger partial charge in [0.1, 0.15) is 5.75 Å². The van der Waals surface area contributed by atoms with Crippen LogP contribution in [-0.2, 0) is 0 Å². The van der Waals surface area contributed by atoms with Crippen molar-refractivity contribution in [2.75, 3.05) is 0 Å². The van der Waals surface area contributed by atoms with Crippen LogP contribution in [0.4, 0.5) is 0 Å². The van der Waals surface area contributed by atoms with Gasteiger partial charge in [-0.1, -0.05) is 43.7 Å². The van der Waals surface area contributed by atoms with Gasteiger partial charge in [0, 0.05) is 5.39 Å². The second-order valence-corrected chi connectivity index (χ2v) is 4.42. The number of carbonyl (C=O) groups excluding carboxylic acids is 1. The lowest BCUT2D eigenvalue weighted by Crippen LogP contribution is -2.19. The molecule has 1 aliphatic rings. The van der Waals surface area contributed by atoms with E-state index in [9.17, 15) is 4.79 Å². The highest BCUT2D eigenvalue weighted by Crippen LogP contribution is 2.37. The van der Waals surface area contributed by atoms with Gasteiger partial charge in [0.05, 0.1) is 5.56 Å². The Morgan fingerprint density at radius 3 is 2.82 bits per heavy atom. The largest absolute Gasteiger partial charge is 0.481 e. The molecule has 0 radical (unpaired) electrons. The highest BCUT2D eigenvalue weighted by molar-refractivity contribution is 6.09. The number of hydrogen-bond acceptors (Lipinski definition) is 2. The monoisotopic (exact) mass is 226 g/mol. The molecule has 0 fully saturated rings. The van der Waals surface area contributed by atoms with Gasteiger partial charge in [0.15, 0.2) is 6.10 Å². The predicted octanol–water partition coefficient (Wildman–Crippen LogP) is 3.58. The Labute approximate surface area is 100 Å². The Kier molecular flexibility index (Phi) is 2.36. The van der Waals surface area contributed by atoms with Crippen molar-refractivity contribution in [1.82, 2.24) is 0 Å². The molecule has 2 heteroatoms. The van der Waals surface area contributed by atoms with Crippen molar-refractivity contribution in [2.24, 2.45) is 0 Å². The van der Waals surface area contributed by atoms with E-state index in [1.165, 1.54) is 0 Å². The fourth-order valence-corrected chi connectivity index (χ4v) is 2.39. The van der Waals surface area contributed by atoms with Crippen molar-refractivity contribution in [3.8, 4) is 5.75 Å². The normalized spacial score (nSPS) is 18.2. The van der Waals surface area contributed by atoms with Crippen molar-refractivity contribution in [3.05, 3.63) is 42.0 Å². The third-order valence-electron chi connectivity index (χ3n) is 3.25. The summed E-state index contributed by atoms with van der Waals surface area (Å²) < 4.78 is 5.82. The van der Waals surface area contributed by atoms with Crippen LogP contribution in [0, 0.1) is 0 Å². The van der Waals surface area contributed by atoms with Crippen LogP contribution in [-0.4, -0.2) is 11.9 Å². The Balaban J connectivity index is 2.15. The summed E-state index contributed by atoms with van der Waals surface area (Å²) in [4.78, 5) is 12.1. The van der Waals surface area contributed by atoms with Gasteiger partial charge >= 0.3 is 0 Å². The summed E-state index contributed by atoms with van der Waals surface area (Å²) >= 11 is 0. The molecule has 0 amide bonds. The van der Waals surface area contributed by atoms with E-state index in [1.54, 1.807) is 0 Å². The Hall–Kier alpha value is -1.83. The molecule has 0 saturated heterocycles. The quantitative estimate of drug-likeness (QED) is 0.782. The van der Waals surface area contributed by atoms with Crippen LogP contribution in [0.5, 0.6) is 5.75 Å². The molecule has 0 N–H and O–H groups in total. The maximum Gasteiger partial charge on any atom is 0.207 e. The van der Waals surface area contributed by atoms with E-state index >= 15 is 0 Å². The number of rotatable bonds is 2. The van der Waals surface area contributed by atoms with Crippen LogP contribution in [0.1, 0.15) is 30.1 Å². The zero-order valence-electron chi connectivity index (χ0n) is 9.77. The number of carbonyl (C=O) groups is 1. The lowest BCUT2D eigenvalue weighted by atomic mass is 10.0. The number of ether oxygens (including phenoxy) is 1. The SMILES string of the molecule is CCCC1Oc2c(ccc3ccccc23)C1=O. The molecule has 0 spiro atoms. The van der Waals surface area contributed by atoms with Gasteiger partial charge in [0.25, 0.3) is 0 Å². The van der Waals surface area contributed by atoms with E-state index < -0.39 is 0 Å². The van der Waals surface area contributed by atoms with Crippen LogP contribution in [0.15, 0.2) is 36.4 Å². The number of hydrogen-bond donors (Lipinski definition) is 0. The van der Waals surface area contributed by atoms with Gasteiger partial charge < -0.3 is 4.74 Å². The Morgan fingerprint density at radius 1 is 1.18 bits per heavy atom. The molecular weight excluding hydrogens is 212 g/mol. The number of Topliss-reactive ketones (excluding diaryl/α,β-unsaturated/α-hetero) is 1. The Morgan fingerprint density at radius 2 is 2.00 bits per heavy atom. The zero-order valence-corrected chi connectivity index (χ0v) is 9.77. The van der Waals surface area contributed by atoms with E-state index in [-0.39, 0.29) is 11.9 Å². The summed E-state index contributed by atoms with van der Waals surface area (Å²) in [7, 11) is 0. The number of benzene rings is 2. The van der Waals surface area contributed by atoms with Crippen LogP contribution in [0.25, 0.3) is 10.8 Å². The molecule has 1 heterocycles. The molecule has 2 aromatic carbocycles. The highest BCUT2D eigenvalue weighted by atomic mass is 16.5. The lowest BCUT2D eigenvalue weighted by molar-refractivity contribution is 0.0846. The molecule has 1 aliphatic heterocycles. The van der Waals surface area contributed by atoms with E-state index in [4.69, 9.17) is 4.74 Å². The second kappa shape index (κ2) is 3.88. The van der Waals surface area contributed by atoms with Crippen LogP contribution in [0.2, 0.25) is 0 Å². The minimum atomic E-state index is -0.277. The van der Waals surface area contributed by atoms with Gasteiger partial charge in [-0.2, -0.15) is 0 Å². The summed E-state index contributed by atoms with van der Waals surface area (Å²) in [6.07, 6.45) is 1.48. The summed E-state index contributed by atoms with van der Waals surface area (Å²) in [6, 6.07) is 11.9. The fraction of sp³-hybridized carbons (Fsp3) is 0.267. The van der Waals surface area contributed by atoms with E-state index in [0.717, 1.165) is 34.9 Å². The molecule has 0 saturated carbocycles. The van der Waals surface area contributed by atoms with Gasteiger partial charge in [-0.3, -0.25) is 4.79 Å². The zero-order chi connectivity index (χ0) is 11.8. The third kappa shape index (κ3) is 1.52. The van der Waals surface area contributed by atoms with Crippen molar-refractivity contribution in [3.63, 3.8) is 0 Å². The summed E-state index contributed by atoms with van der Waals surface area (Å²) in [5, 5.41) is 2.16. The number of ketones is 1. The van der Waals surface area contributed by atoms with Crippen LogP contribution >= 0.6 is 0 Å². The molecule has 0 aromatic heterocycles. The first-order valence-electron chi connectivity index (χ1n) is 6.04. The van der Waals surface area contributed by atoms with Crippen molar-refractivity contribution in [2.45, 2.75) is 25.9 Å². The van der Waals surface area contributed by atoms with Crippen molar-refractivity contribution < 1.29 is 9.53 Å². The van der Waals surface area contributed by atoms with Crippen LogP contribution < -0.4 is 4.74 Å². The minimum absolute atomic E-state index is 0.132. The van der Waals surface area contributed by atoms with Gasteiger partial charge in [0.2, 0.25) is 5.78 Å². The van der Waals surface area contributed by atoms with Crippen molar-refractivity contribution in [1.29, 1.82) is 0 Å². The topological polar surface area (TPSA) is 26.3 Å². The molecule has 17 heavy (non-hydrogen) atoms. The smallest absolute Gasteiger partial charge is 0.207 e. The first-order valence-corrected chi connectivity index (χ1v) is 6.04. The maximum atomic E-state index is 12.1.